The number of alkyl halides is 2. The molecule has 5 nitrogen and oxygen atoms in total. The molecule has 2 aromatic heterocycles. The number of aryl methyl sites for hydroxylation is 1. The fourth-order valence-corrected chi connectivity index (χ4v) is 6.38. The van der Waals surface area contributed by atoms with E-state index in [0.717, 1.165) is 39.5 Å². The maximum Gasteiger partial charge on any atom is 0.251 e. The Kier molecular flexibility index (Phi) is 5.83. The zero-order valence-electron chi connectivity index (χ0n) is 19.7. The van der Waals surface area contributed by atoms with Crippen LogP contribution in [0.25, 0.3) is 21.8 Å². The minimum Gasteiger partial charge on any atom is -0.371 e. The summed E-state index contributed by atoms with van der Waals surface area (Å²) in [5, 5.41) is 0. The van der Waals surface area contributed by atoms with Crippen molar-refractivity contribution in [1.29, 1.82) is 0 Å². The number of hydrogen-bond donors (Lipinski definition) is 0. The van der Waals surface area contributed by atoms with Crippen molar-refractivity contribution >= 4 is 39.1 Å². The van der Waals surface area contributed by atoms with Crippen LogP contribution in [0.2, 0.25) is 0 Å². The summed E-state index contributed by atoms with van der Waals surface area (Å²) in [6, 6.07) is 10.5. The van der Waals surface area contributed by atoms with Gasteiger partial charge in [-0.05, 0) is 73.8 Å². The van der Waals surface area contributed by atoms with Crippen LogP contribution >= 0.6 is 27.5 Å². The Morgan fingerprint density at radius 2 is 1.57 bits per heavy atom. The molecule has 0 N–H and O–H groups in total. The van der Waals surface area contributed by atoms with Crippen LogP contribution in [0.3, 0.4) is 0 Å². The van der Waals surface area contributed by atoms with E-state index in [4.69, 9.17) is 9.36 Å². The van der Waals surface area contributed by atoms with Crippen LogP contribution in [0.4, 0.5) is 20.4 Å². The number of rotatable bonds is 4. The Morgan fingerprint density at radius 3 is 2.29 bits per heavy atom. The first-order valence-corrected chi connectivity index (χ1v) is 13.9. The molecule has 0 unspecified atom stereocenters. The minimum atomic E-state index is -2.59. The molecule has 0 bridgehead atoms. The number of hydrogen-bond acceptors (Lipinski definition) is 6. The van der Waals surface area contributed by atoms with E-state index in [-0.39, 0.29) is 25.9 Å². The molecule has 0 amide bonds. The molecular formula is C26H28BrF2N5S. The highest BCUT2D eigenvalue weighted by Crippen LogP contribution is 2.54. The second-order valence-electron chi connectivity index (χ2n) is 10.3. The average Bonchev–Trinajstić information content (AvgIpc) is 3.39. The number of benzene rings is 1. The van der Waals surface area contributed by atoms with E-state index in [0.29, 0.717) is 11.4 Å². The predicted octanol–water partition coefficient (Wildman–Crippen LogP) is 6.95. The summed E-state index contributed by atoms with van der Waals surface area (Å²) in [5.74, 6) is -2.08. The van der Waals surface area contributed by atoms with Gasteiger partial charge >= 0.3 is 0 Å². The van der Waals surface area contributed by atoms with Gasteiger partial charge in [-0.3, -0.25) is 0 Å². The first-order valence-electron chi connectivity index (χ1n) is 12.3. The lowest BCUT2D eigenvalue weighted by atomic mass is 9.93. The Morgan fingerprint density at radius 1 is 0.857 bits per heavy atom. The summed E-state index contributed by atoms with van der Waals surface area (Å²) in [4.78, 5) is 14.7. The van der Waals surface area contributed by atoms with E-state index in [1.54, 1.807) is 0 Å². The zero-order chi connectivity index (χ0) is 24.2. The van der Waals surface area contributed by atoms with E-state index in [1.807, 2.05) is 17.9 Å². The van der Waals surface area contributed by atoms with Crippen LogP contribution in [0.1, 0.15) is 44.2 Å². The molecule has 1 saturated carbocycles. The highest BCUT2D eigenvalue weighted by molar-refractivity contribution is 9.10. The van der Waals surface area contributed by atoms with Crippen molar-refractivity contribution in [3.63, 3.8) is 0 Å². The largest absolute Gasteiger partial charge is 0.371 e. The second-order valence-corrected chi connectivity index (χ2v) is 12.0. The molecule has 2 saturated heterocycles. The molecular weight excluding hydrogens is 532 g/mol. The zero-order valence-corrected chi connectivity index (χ0v) is 22.1. The summed E-state index contributed by atoms with van der Waals surface area (Å²) < 4.78 is 33.1. The third-order valence-electron chi connectivity index (χ3n) is 7.74. The van der Waals surface area contributed by atoms with E-state index in [2.05, 4.69) is 50.1 Å². The second kappa shape index (κ2) is 8.76. The molecule has 3 aromatic rings. The van der Waals surface area contributed by atoms with Gasteiger partial charge in [-0.1, -0.05) is 22.0 Å². The molecule has 1 aliphatic carbocycles. The summed E-state index contributed by atoms with van der Waals surface area (Å²) in [5.41, 5.74) is 5.41. The standard InChI is InChI=1S/C26H28BrF2N5S/c1-17-14-20(31-24(30-17)34-12-8-26(28,29)9-13-34)21-16-23(35-32-21)19-3-2-18(27)15-22(19)33-10-6-25(4-5-25)7-11-33/h2-3,14-16H,4-13H2,1H3. The first kappa shape index (κ1) is 23.3. The molecule has 35 heavy (non-hydrogen) atoms. The average molecular weight is 561 g/mol. The van der Waals surface area contributed by atoms with Crippen molar-refractivity contribution in [1.82, 2.24) is 14.3 Å². The van der Waals surface area contributed by atoms with E-state index < -0.39 is 5.92 Å². The van der Waals surface area contributed by atoms with Crippen molar-refractivity contribution in [2.75, 3.05) is 36.0 Å². The fourth-order valence-electron chi connectivity index (χ4n) is 5.26. The molecule has 1 spiro atoms. The number of nitrogens with zero attached hydrogens (tertiary/aromatic N) is 5. The molecule has 9 heteroatoms. The molecule has 1 aromatic carbocycles. The number of aromatic nitrogens is 3. The van der Waals surface area contributed by atoms with Crippen LogP contribution in [-0.4, -0.2) is 46.4 Å². The normalized spacial score (nSPS) is 20.9. The molecule has 0 atom stereocenters. The Hall–Kier alpha value is -2.13. The Balaban J connectivity index is 1.28. The molecule has 3 fully saturated rings. The highest BCUT2D eigenvalue weighted by atomic mass is 79.9. The summed E-state index contributed by atoms with van der Waals surface area (Å²) in [6.45, 7) is 4.63. The monoisotopic (exact) mass is 559 g/mol. The van der Waals surface area contributed by atoms with Gasteiger partial charge in [-0.15, -0.1) is 0 Å². The molecule has 2 aliphatic heterocycles. The van der Waals surface area contributed by atoms with Crippen molar-refractivity contribution in [2.45, 2.75) is 51.4 Å². The smallest absolute Gasteiger partial charge is 0.251 e. The fraction of sp³-hybridized carbons (Fsp3) is 0.500. The van der Waals surface area contributed by atoms with Crippen LogP contribution in [0.15, 0.2) is 34.8 Å². The molecule has 4 heterocycles. The first-order chi connectivity index (χ1) is 16.8. The third kappa shape index (κ3) is 4.81. The number of piperidine rings is 2. The molecule has 6 rings (SSSR count). The third-order valence-corrected chi connectivity index (χ3v) is 9.06. The van der Waals surface area contributed by atoms with E-state index in [9.17, 15) is 8.78 Å². The van der Waals surface area contributed by atoms with Gasteiger partial charge in [0.1, 0.15) is 5.69 Å². The van der Waals surface area contributed by atoms with Gasteiger partial charge in [0, 0.05) is 60.4 Å². The topological polar surface area (TPSA) is 45.2 Å². The van der Waals surface area contributed by atoms with Crippen molar-refractivity contribution in [3.8, 4) is 21.8 Å². The van der Waals surface area contributed by atoms with Crippen LogP contribution < -0.4 is 9.80 Å². The van der Waals surface area contributed by atoms with E-state index >= 15 is 0 Å². The number of halogens is 3. The molecule has 3 aliphatic rings. The van der Waals surface area contributed by atoms with Crippen LogP contribution in [0.5, 0.6) is 0 Å². The SMILES string of the molecule is Cc1cc(-c2cc(-c3ccc(Br)cc3N3CCC4(CC3)CC4)sn2)nc(N2CCC(F)(F)CC2)n1. The van der Waals surface area contributed by atoms with Crippen molar-refractivity contribution in [3.05, 3.63) is 40.5 Å². The molecule has 0 radical (unpaired) electrons. The Labute approximate surface area is 216 Å². The van der Waals surface area contributed by atoms with Crippen molar-refractivity contribution < 1.29 is 8.78 Å². The van der Waals surface area contributed by atoms with Crippen LogP contribution in [0, 0.1) is 12.3 Å². The van der Waals surface area contributed by atoms with Gasteiger partial charge in [0.25, 0.3) is 5.92 Å². The lowest BCUT2D eigenvalue weighted by molar-refractivity contribution is -0.0222. The minimum absolute atomic E-state index is 0.162. The lowest BCUT2D eigenvalue weighted by Crippen LogP contribution is -2.40. The summed E-state index contributed by atoms with van der Waals surface area (Å²) in [6.07, 6.45) is 5.01. The van der Waals surface area contributed by atoms with E-state index in [1.165, 1.54) is 48.5 Å². The maximum absolute atomic E-state index is 13.6. The van der Waals surface area contributed by atoms with Gasteiger partial charge in [0.05, 0.1) is 10.6 Å². The van der Waals surface area contributed by atoms with Crippen LogP contribution in [-0.2, 0) is 0 Å². The number of anilines is 2. The van der Waals surface area contributed by atoms with Crippen molar-refractivity contribution in [2.24, 2.45) is 5.41 Å². The van der Waals surface area contributed by atoms with Gasteiger partial charge in [0.15, 0.2) is 0 Å². The van der Waals surface area contributed by atoms with Gasteiger partial charge in [0.2, 0.25) is 5.95 Å². The Bertz CT molecular complexity index is 1240. The summed E-state index contributed by atoms with van der Waals surface area (Å²) >= 11 is 5.14. The van der Waals surface area contributed by atoms with Gasteiger partial charge in [-0.25, -0.2) is 18.7 Å². The summed E-state index contributed by atoms with van der Waals surface area (Å²) in [7, 11) is 0. The predicted molar refractivity (Wildman–Crippen MR) is 141 cm³/mol. The maximum atomic E-state index is 13.6. The van der Waals surface area contributed by atoms with Gasteiger partial charge < -0.3 is 9.80 Å². The molecule has 184 valence electrons. The quantitative estimate of drug-likeness (QED) is 0.346. The van der Waals surface area contributed by atoms with Gasteiger partial charge in [-0.2, -0.15) is 4.37 Å². The lowest BCUT2D eigenvalue weighted by Gasteiger charge is -2.35. The highest BCUT2D eigenvalue weighted by Gasteiger charge is 2.44.